The molecule has 9 heteroatoms. The fourth-order valence-corrected chi connectivity index (χ4v) is 5.30. The van der Waals surface area contributed by atoms with Crippen molar-refractivity contribution in [3.05, 3.63) is 59.7 Å². The van der Waals surface area contributed by atoms with Gasteiger partial charge in [0.05, 0.1) is 18.8 Å². The van der Waals surface area contributed by atoms with Gasteiger partial charge in [0.1, 0.15) is 11.7 Å². The van der Waals surface area contributed by atoms with Crippen LogP contribution in [-0.2, 0) is 4.74 Å². The zero-order valence-electron chi connectivity index (χ0n) is 21.9. The van der Waals surface area contributed by atoms with Gasteiger partial charge >= 0.3 is 6.09 Å². The molecule has 2 aromatic carbocycles. The molecule has 5 rings (SSSR count). The summed E-state index contributed by atoms with van der Waals surface area (Å²) in [6, 6.07) is 16.4. The lowest BCUT2D eigenvalue weighted by molar-refractivity contribution is 0.0201. The molecule has 2 aliphatic heterocycles. The van der Waals surface area contributed by atoms with Crippen LogP contribution in [-0.4, -0.2) is 58.8 Å². The molecule has 8 nitrogen and oxygen atoms in total. The average molecular weight is 520 g/mol. The van der Waals surface area contributed by atoms with E-state index in [0.29, 0.717) is 38.0 Å². The van der Waals surface area contributed by atoms with Crippen LogP contribution in [0.1, 0.15) is 31.9 Å². The molecule has 0 saturated carbocycles. The van der Waals surface area contributed by atoms with Crippen molar-refractivity contribution in [1.82, 2.24) is 14.9 Å². The highest BCUT2D eigenvalue weighted by atomic mass is 32.2. The molecule has 1 atom stereocenters. The monoisotopic (exact) mass is 519 g/mol. The van der Waals surface area contributed by atoms with E-state index in [9.17, 15) is 4.79 Å². The number of fused-ring (bicyclic) bond motifs is 7. The normalized spacial score (nSPS) is 17.5. The molecule has 0 aliphatic carbocycles. The Bertz CT molecular complexity index is 1290. The molecule has 0 spiro atoms. The van der Waals surface area contributed by atoms with E-state index in [1.54, 1.807) is 4.90 Å². The summed E-state index contributed by atoms with van der Waals surface area (Å²) in [7, 11) is 0. The first-order valence-electron chi connectivity index (χ1n) is 12.5. The largest absolute Gasteiger partial charge is 0.470 e. The standard InChI is InChI=1S/C28H33N5O3S/c1-18-8-6-9-19(2)25(18)23-15-24-30-26(29-23)31-37-22-11-7-10-20(14-22)32-12-13-33(17-21(16-32)35-24)27(34)36-28(3,4)5/h6-11,14-15,21H,12-13,16-17H2,1-5H3,(H,29,30,31). The number of hydrogen-bond donors (Lipinski definition) is 1. The van der Waals surface area contributed by atoms with E-state index in [1.807, 2.05) is 39.0 Å². The van der Waals surface area contributed by atoms with E-state index < -0.39 is 5.60 Å². The molecule has 0 radical (unpaired) electrons. The van der Waals surface area contributed by atoms with Gasteiger partial charge in [0.2, 0.25) is 11.8 Å². The van der Waals surface area contributed by atoms with Crippen LogP contribution in [0.15, 0.2) is 53.4 Å². The molecule has 1 amide bonds. The van der Waals surface area contributed by atoms with Crippen LogP contribution < -0.4 is 14.4 Å². The first-order chi connectivity index (χ1) is 17.6. The predicted octanol–water partition coefficient (Wildman–Crippen LogP) is 5.70. The Balaban J connectivity index is 1.55. The van der Waals surface area contributed by atoms with Gasteiger partial charge in [0.25, 0.3) is 0 Å². The van der Waals surface area contributed by atoms with E-state index in [-0.39, 0.29) is 12.2 Å². The third kappa shape index (κ3) is 5.93. The van der Waals surface area contributed by atoms with Crippen molar-refractivity contribution >= 4 is 29.7 Å². The van der Waals surface area contributed by atoms with Gasteiger partial charge in [-0.05, 0) is 75.9 Å². The number of carbonyl (C=O) groups is 1. The molecule has 1 aromatic heterocycles. The van der Waals surface area contributed by atoms with Crippen molar-refractivity contribution in [3.8, 4) is 17.1 Å². The number of aryl methyl sites for hydroxylation is 2. The molecule has 194 valence electrons. The maximum atomic E-state index is 13.0. The highest BCUT2D eigenvalue weighted by Crippen LogP contribution is 2.32. The second kappa shape index (κ2) is 10.1. The predicted molar refractivity (Wildman–Crippen MR) is 147 cm³/mol. The number of benzene rings is 2. The lowest BCUT2D eigenvalue weighted by atomic mass is 10.00. The summed E-state index contributed by atoms with van der Waals surface area (Å²) in [6.45, 7) is 12.0. The zero-order chi connectivity index (χ0) is 26.2. The van der Waals surface area contributed by atoms with E-state index >= 15 is 0 Å². The molecular weight excluding hydrogens is 486 g/mol. The maximum absolute atomic E-state index is 13.0. The van der Waals surface area contributed by atoms with Gasteiger partial charge in [-0.1, -0.05) is 24.3 Å². The number of aromatic nitrogens is 2. The Morgan fingerprint density at radius 3 is 2.57 bits per heavy atom. The molecule has 1 N–H and O–H groups in total. The van der Waals surface area contributed by atoms with Gasteiger partial charge in [-0.2, -0.15) is 4.98 Å². The number of ether oxygens (including phenoxy) is 2. The molecule has 3 aromatic rings. The molecular formula is C28H33N5O3S. The number of hydrogen-bond acceptors (Lipinski definition) is 8. The molecule has 2 aliphatic rings. The lowest BCUT2D eigenvalue weighted by Crippen LogP contribution is -2.43. The van der Waals surface area contributed by atoms with Gasteiger partial charge in [0, 0.05) is 35.3 Å². The first kappa shape index (κ1) is 25.2. The summed E-state index contributed by atoms with van der Waals surface area (Å²) in [5.41, 5.74) is 4.63. The summed E-state index contributed by atoms with van der Waals surface area (Å²) >= 11 is 1.47. The summed E-state index contributed by atoms with van der Waals surface area (Å²) in [6.07, 6.45) is -0.655. The summed E-state index contributed by atoms with van der Waals surface area (Å²) in [4.78, 5) is 27.6. The van der Waals surface area contributed by atoms with Gasteiger partial charge in [-0.15, -0.1) is 0 Å². The number of anilines is 2. The Kier molecular flexibility index (Phi) is 6.90. The van der Waals surface area contributed by atoms with Crippen LogP contribution >= 0.6 is 11.9 Å². The third-order valence-electron chi connectivity index (χ3n) is 6.31. The second-order valence-corrected chi connectivity index (χ2v) is 11.4. The van der Waals surface area contributed by atoms with Crippen molar-refractivity contribution in [2.45, 2.75) is 51.2 Å². The van der Waals surface area contributed by atoms with Gasteiger partial charge in [0.15, 0.2) is 0 Å². The molecule has 3 heterocycles. The van der Waals surface area contributed by atoms with Crippen LogP contribution in [0.2, 0.25) is 0 Å². The van der Waals surface area contributed by atoms with Crippen molar-refractivity contribution in [2.24, 2.45) is 0 Å². The molecule has 6 bridgehead atoms. The van der Waals surface area contributed by atoms with E-state index in [4.69, 9.17) is 14.5 Å². The van der Waals surface area contributed by atoms with Crippen LogP contribution in [0.4, 0.5) is 16.4 Å². The minimum Gasteiger partial charge on any atom is -0.470 e. The fraction of sp³-hybridized carbons (Fsp3) is 0.393. The topological polar surface area (TPSA) is 79.8 Å². The van der Waals surface area contributed by atoms with Gasteiger partial charge in [-0.25, -0.2) is 9.78 Å². The van der Waals surface area contributed by atoms with Gasteiger partial charge < -0.3 is 19.3 Å². The van der Waals surface area contributed by atoms with Crippen LogP contribution in [0, 0.1) is 13.8 Å². The Hall–Kier alpha value is -3.46. The van der Waals surface area contributed by atoms with Crippen molar-refractivity contribution in [1.29, 1.82) is 0 Å². The number of nitrogens with zero attached hydrogens (tertiary/aromatic N) is 4. The van der Waals surface area contributed by atoms with E-state index in [2.05, 4.69) is 58.8 Å². The number of nitrogens with one attached hydrogen (secondary N) is 1. The molecule has 37 heavy (non-hydrogen) atoms. The van der Waals surface area contributed by atoms with Crippen LogP contribution in [0.5, 0.6) is 5.88 Å². The molecule has 1 fully saturated rings. The summed E-state index contributed by atoms with van der Waals surface area (Å²) < 4.78 is 15.5. The Morgan fingerprint density at radius 2 is 1.81 bits per heavy atom. The van der Waals surface area contributed by atoms with Crippen LogP contribution in [0.25, 0.3) is 11.3 Å². The average Bonchev–Trinajstić information content (AvgIpc) is 3.04. The minimum atomic E-state index is -0.572. The molecule has 1 unspecified atom stereocenters. The SMILES string of the molecule is Cc1cccc(C)c1-c1cc2nc(n1)NSc1cccc(c1)N1CCN(C(=O)OC(C)(C)C)CC(C1)O2. The Morgan fingerprint density at radius 1 is 1.05 bits per heavy atom. The summed E-state index contributed by atoms with van der Waals surface area (Å²) in [5.74, 6) is 0.941. The first-order valence-corrected chi connectivity index (χ1v) is 13.3. The highest BCUT2D eigenvalue weighted by molar-refractivity contribution is 8.00. The van der Waals surface area contributed by atoms with Crippen LogP contribution in [0.3, 0.4) is 0 Å². The van der Waals surface area contributed by atoms with E-state index in [0.717, 1.165) is 33.0 Å². The second-order valence-electron chi connectivity index (χ2n) is 10.5. The van der Waals surface area contributed by atoms with Gasteiger partial charge in [-0.3, -0.25) is 4.72 Å². The number of amides is 1. The highest BCUT2D eigenvalue weighted by Gasteiger charge is 2.31. The zero-order valence-corrected chi connectivity index (χ0v) is 22.8. The summed E-state index contributed by atoms with van der Waals surface area (Å²) in [5, 5.41) is 0. The van der Waals surface area contributed by atoms with Crippen molar-refractivity contribution in [2.75, 3.05) is 35.8 Å². The van der Waals surface area contributed by atoms with E-state index in [1.165, 1.54) is 11.9 Å². The maximum Gasteiger partial charge on any atom is 0.410 e. The number of carbonyl (C=O) groups excluding carboxylic acids is 1. The van der Waals surface area contributed by atoms with Crippen molar-refractivity contribution < 1.29 is 14.3 Å². The number of rotatable bonds is 1. The minimum absolute atomic E-state index is 0.320. The molecule has 1 saturated heterocycles. The third-order valence-corrected chi connectivity index (χ3v) is 7.08. The smallest absolute Gasteiger partial charge is 0.410 e. The van der Waals surface area contributed by atoms with Crippen molar-refractivity contribution in [3.63, 3.8) is 0 Å². The quantitative estimate of drug-likeness (QED) is 0.410. The fourth-order valence-electron chi connectivity index (χ4n) is 4.67. The lowest BCUT2D eigenvalue weighted by Gasteiger charge is -2.28. The Labute approximate surface area is 222 Å².